The molecule has 0 atom stereocenters. The maximum Gasteiger partial charge on any atom is 0.220 e. The Morgan fingerprint density at radius 1 is 1.19 bits per heavy atom. The average molecular weight is 448 g/mol. The zero-order chi connectivity index (χ0) is 21.8. The first-order valence-corrected chi connectivity index (χ1v) is 12.2. The molecular weight excluding hydrogens is 418 g/mol. The highest BCUT2D eigenvalue weighted by Crippen LogP contribution is 2.30. The summed E-state index contributed by atoms with van der Waals surface area (Å²) < 4.78 is 31.5. The van der Waals surface area contributed by atoms with Crippen molar-refractivity contribution in [2.75, 3.05) is 33.2 Å². The van der Waals surface area contributed by atoms with Crippen molar-refractivity contribution in [3.05, 3.63) is 46.8 Å². The van der Waals surface area contributed by atoms with Gasteiger partial charge >= 0.3 is 0 Å². The lowest BCUT2D eigenvalue weighted by Crippen LogP contribution is -2.53. The first-order chi connectivity index (χ1) is 15.0. The largest absolute Gasteiger partial charge is 0.508 e. The van der Waals surface area contributed by atoms with Crippen LogP contribution in [0.4, 0.5) is 0 Å². The van der Waals surface area contributed by atoms with Gasteiger partial charge in [-0.25, -0.2) is 8.42 Å². The first-order valence-electron chi connectivity index (χ1n) is 10.6. The van der Waals surface area contributed by atoms with E-state index in [9.17, 15) is 13.5 Å². The number of nitrogens with one attached hydrogen (secondary N) is 1. The summed E-state index contributed by atoms with van der Waals surface area (Å²) in [4.78, 5) is 6.43. The van der Waals surface area contributed by atoms with Crippen LogP contribution in [0.5, 0.6) is 5.75 Å². The fourth-order valence-electron chi connectivity index (χ4n) is 4.36. The third-order valence-corrected chi connectivity index (χ3v) is 7.83. The first kappa shape index (κ1) is 21.6. The number of sulfonamides is 1. The fourth-order valence-corrected chi connectivity index (χ4v) is 5.78. The van der Waals surface area contributed by atoms with Crippen molar-refractivity contribution in [2.24, 2.45) is 4.99 Å². The molecule has 1 aromatic heterocycles. The van der Waals surface area contributed by atoms with Crippen molar-refractivity contribution in [1.29, 1.82) is 0 Å². The molecule has 10 heteroatoms. The van der Waals surface area contributed by atoms with Crippen LogP contribution >= 0.6 is 0 Å². The average Bonchev–Trinajstić information content (AvgIpc) is 3.28. The Balaban J connectivity index is 1.36. The predicted octanol–water partition coefficient (Wildman–Crippen LogP) is 1.48. The molecule has 1 aliphatic carbocycles. The summed E-state index contributed by atoms with van der Waals surface area (Å²) in [5.41, 5.74) is 3.91. The summed E-state index contributed by atoms with van der Waals surface area (Å²) in [5, 5.41) is 17.5. The zero-order valence-corrected chi connectivity index (χ0v) is 18.6. The van der Waals surface area contributed by atoms with Gasteiger partial charge < -0.3 is 19.8 Å². The topological polar surface area (TPSA) is 111 Å². The Morgan fingerprint density at radius 2 is 1.97 bits per heavy atom. The Hall–Kier alpha value is -2.59. The minimum Gasteiger partial charge on any atom is -0.508 e. The highest BCUT2D eigenvalue weighted by Gasteiger charge is 2.29. The van der Waals surface area contributed by atoms with Gasteiger partial charge in [-0.1, -0.05) is 11.2 Å². The van der Waals surface area contributed by atoms with Crippen LogP contribution in [-0.4, -0.2) is 67.1 Å². The molecule has 0 bridgehead atoms. The number of aliphatic imine (C=N–C) groups is 1. The molecule has 2 N–H and O–H groups in total. The van der Waals surface area contributed by atoms with Gasteiger partial charge in [-0.05, 0) is 42.9 Å². The third kappa shape index (κ3) is 4.85. The summed E-state index contributed by atoms with van der Waals surface area (Å²) in [6.07, 6.45) is 5.75. The molecule has 2 aromatic rings. The van der Waals surface area contributed by atoms with Crippen LogP contribution in [0, 0.1) is 0 Å². The third-order valence-electron chi connectivity index (χ3n) is 6.01. The van der Waals surface area contributed by atoms with E-state index in [0.29, 0.717) is 50.1 Å². The van der Waals surface area contributed by atoms with E-state index < -0.39 is 10.0 Å². The number of piperazine rings is 1. The van der Waals surface area contributed by atoms with Crippen LogP contribution in [0.2, 0.25) is 0 Å². The van der Waals surface area contributed by atoms with Crippen molar-refractivity contribution >= 4 is 16.0 Å². The van der Waals surface area contributed by atoms with Crippen molar-refractivity contribution in [3.8, 4) is 5.75 Å². The molecule has 4 rings (SSSR count). The molecule has 9 nitrogen and oxygen atoms in total. The highest BCUT2D eigenvalue weighted by molar-refractivity contribution is 7.88. The number of aromatic nitrogens is 1. The van der Waals surface area contributed by atoms with E-state index in [1.165, 1.54) is 28.1 Å². The van der Waals surface area contributed by atoms with Crippen LogP contribution in [0.25, 0.3) is 0 Å². The zero-order valence-electron chi connectivity index (χ0n) is 17.7. The standard InChI is InChI=1S/C21H29N5O4S/c1-22-21(23-14-19-18-5-3-2-4-16(18)6-7-20(19)27)25-9-11-26(12-10-25)31(28,29)15-17-8-13-30-24-17/h6-8,13,27H,2-5,9-12,14-15H2,1H3,(H,22,23). The molecule has 0 radical (unpaired) electrons. The van der Waals surface area contributed by atoms with Gasteiger partial charge in [0.05, 0.1) is 5.69 Å². The monoisotopic (exact) mass is 447 g/mol. The van der Waals surface area contributed by atoms with E-state index in [-0.39, 0.29) is 5.75 Å². The number of hydrogen-bond donors (Lipinski definition) is 2. The molecule has 0 amide bonds. The lowest BCUT2D eigenvalue weighted by atomic mass is 9.88. The van der Waals surface area contributed by atoms with E-state index in [1.807, 2.05) is 6.07 Å². The van der Waals surface area contributed by atoms with Gasteiger partial charge in [0.25, 0.3) is 0 Å². The molecular formula is C21H29N5O4S. The number of phenols is 1. The number of phenolic OH excluding ortho intramolecular Hbond substituents is 1. The van der Waals surface area contributed by atoms with E-state index in [0.717, 1.165) is 24.8 Å². The summed E-state index contributed by atoms with van der Waals surface area (Å²) in [7, 11) is -1.72. The lowest BCUT2D eigenvalue weighted by molar-refractivity contribution is 0.259. The molecule has 31 heavy (non-hydrogen) atoms. The molecule has 1 fully saturated rings. The second kappa shape index (κ2) is 9.27. The Bertz CT molecular complexity index is 1030. The summed E-state index contributed by atoms with van der Waals surface area (Å²) in [6.45, 7) is 2.33. The van der Waals surface area contributed by atoms with Crippen molar-refractivity contribution in [1.82, 2.24) is 19.7 Å². The predicted molar refractivity (Wildman–Crippen MR) is 117 cm³/mol. The van der Waals surface area contributed by atoms with Crippen LogP contribution in [0.15, 0.2) is 34.0 Å². The SMILES string of the molecule is CN=C(NCc1c(O)ccc2c1CCCC2)N1CCN(S(=O)(=O)Cc2ccon2)CC1. The van der Waals surface area contributed by atoms with Gasteiger partial charge in [-0.3, -0.25) is 4.99 Å². The maximum atomic E-state index is 12.6. The van der Waals surface area contributed by atoms with Gasteiger partial charge in [0.1, 0.15) is 17.8 Å². The molecule has 1 aromatic carbocycles. The molecule has 0 spiro atoms. The Morgan fingerprint density at radius 3 is 2.68 bits per heavy atom. The van der Waals surface area contributed by atoms with E-state index in [2.05, 4.69) is 20.4 Å². The van der Waals surface area contributed by atoms with Crippen molar-refractivity contribution < 1.29 is 18.0 Å². The Labute approximate surface area is 182 Å². The van der Waals surface area contributed by atoms with Gasteiger partial charge in [-0.15, -0.1) is 0 Å². The second-order valence-corrected chi connectivity index (χ2v) is 9.91. The van der Waals surface area contributed by atoms with Crippen LogP contribution in [-0.2, 0) is 35.2 Å². The van der Waals surface area contributed by atoms with Gasteiger partial charge in [0.15, 0.2) is 5.96 Å². The molecule has 0 saturated carbocycles. The van der Waals surface area contributed by atoms with E-state index in [1.54, 1.807) is 19.2 Å². The second-order valence-electron chi connectivity index (χ2n) is 7.94. The van der Waals surface area contributed by atoms with E-state index >= 15 is 0 Å². The van der Waals surface area contributed by atoms with Crippen LogP contribution in [0.3, 0.4) is 0 Å². The number of hydrogen-bond acceptors (Lipinski definition) is 6. The van der Waals surface area contributed by atoms with Crippen molar-refractivity contribution in [2.45, 2.75) is 38.0 Å². The molecule has 1 saturated heterocycles. The normalized spacial score (nSPS) is 18.1. The fraction of sp³-hybridized carbons (Fsp3) is 0.524. The minimum absolute atomic E-state index is 0.158. The number of aryl methyl sites for hydroxylation is 1. The molecule has 2 aliphatic rings. The van der Waals surface area contributed by atoms with Gasteiger partial charge in [-0.2, -0.15) is 4.31 Å². The number of aromatic hydroxyl groups is 1. The molecule has 1 aliphatic heterocycles. The number of benzene rings is 1. The summed E-state index contributed by atoms with van der Waals surface area (Å²) in [6, 6.07) is 5.38. The lowest BCUT2D eigenvalue weighted by Gasteiger charge is -2.35. The van der Waals surface area contributed by atoms with Crippen LogP contribution < -0.4 is 5.32 Å². The molecule has 2 heterocycles. The quantitative estimate of drug-likeness (QED) is 0.527. The summed E-state index contributed by atoms with van der Waals surface area (Å²) in [5.74, 6) is 0.864. The van der Waals surface area contributed by atoms with Gasteiger partial charge in [0, 0.05) is 51.4 Å². The van der Waals surface area contributed by atoms with Crippen molar-refractivity contribution in [3.63, 3.8) is 0 Å². The smallest absolute Gasteiger partial charge is 0.220 e. The number of fused-ring (bicyclic) bond motifs is 1. The Kier molecular flexibility index (Phi) is 6.47. The minimum atomic E-state index is -3.44. The number of guanidine groups is 1. The highest BCUT2D eigenvalue weighted by atomic mass is 32.2. The van der Waals surface area contributed by atoms with E-state index in [4.69, 9.17) is 4.52 Å². The number of nitrogens with zero attached hydrogens (tertiary/aromatic N) is 4. The molecule has 0 unspecified atom stereocenters. The van der Waals surface area contributed by atoms with Crippen LogP contribution in [0.1, 0.15) is 35.2 Å². The number of rotatable bonds is 5. The van der Waals surface area contributed by atoms with Gasteiger partial charge in [0.2, 0.25) is 10.0 Å². The molecule has 168 valence electrons. The summed E-state index contributed by atoms with van der Waals surface area (Å²) >= 11 is 0. The maximum absolute atomic E-state index is 12.6.